The SMILES string of the molecule is Cc1nc(-c2ccc(NC(=O)c3ccc4c(=O)n5c(nc4c3)CCCCCC5)cc2)cs1. The fourth-order valence-electron chi connectivity index (χ4n) is 4.16. The van der Waals surface area contributed by atoms with Gasteiger partial charge in [0.25, 0.3) is 11.5 Å². The topological polar surface area (TPSA) is 76.9 Å². The van der Waals surface area contributed by atoms with Gasteiger partial charge in [-0.25, -0.2) is 9.97 Å². The number of benzene rings is 2. The van der Waals surface area contributed by atoms with Crippen molar-refractivity contribution in [1.29, 1.82) is 0 Å². The highest BCUT2D eigenvalue weighted by atomic mass is 32.1. The Labute approximate surface area is 190 Å². The van der Waals surface area contributed by atoms with Crippen LogP contribution < -0.4 is 10.9 Å². The molecule has 3 heterocycles. The summed E-state index contributed by atoms with van der Waals surface area (Å²) < 4.78 is 1.81. The Bertz CT molecular complexity index is 1350. The van der Waals surface area contributed by atoms with Gasteiger partial charge in [-0.3, -0.25) is 14.2 Å². The lowest BCUT2D eigenvalue weighted by Gasteiger charge is -2.16. The highest BCUT2D eigenvalue weighted by Gasteiger charge is 2.15. The first kappa shape index (κ1) is 20.6. The van der Waals surface area contributed by atoms with Crippen LogP contribution in [0.15, 0.2) is 52.6 Å². The molecular formula is C25H24N4O2S. The van der Waals surface area contributed by atoms with Crippen LogP contribution in [0.1, 0.15) is 46.9 Å². The summed E-state index contributed by atoms with van der Waals surface area (Å²) in [5.41, 5.74) is 3.72. The van der Waals surface area contributed by atoms with E-state index in [-0.39, 0.29) is 11.5 Å². The lowest BCUT2D eigenvalue weighted by Crippen LogP contribution is -2.26. The monoisotopic (exact) mass is 444 g/mol. The van der Waals surface area contributed by atoms with E-state index in [1.807, 2.05) is 41.1 Å². The molecule has 0 unspecified atom stereocenters. The van der Waals surface area contributed by atoms with Crippen LogP contribution in [0.2, 0.25) is 0 Å². The number of aromatic nitrogens is 3. The summed E-state index contributed by atoms with van der Waals surface area (Å²) in [6.07, 6.45) is 5.15. The van der Waals surface area contributed by atoms with Crippen LogP contribution in [0.4, 0.5) is 5.69 Å². The minimum absolute atomic E-state index is 0.00766. The van der Waals surface area contributed by atoms with E-state index in [1.54, 1.807) is 29.5 Å². The third kappa shape index (κ3) is 4.08. The average molecular weight is 445 g/mol. The molecule has 6 nitrogen and oxygen atoms in total. The fraction of sp³-hybridized carbons (Fsp3) is 0.280. The molecular weight excluding hydrogens is 420 g/mol. The number of fused-ring (bicyclic) bond motifs is 2. The van der Waals surface area contributed by atoms with Crippen LogP contribution in [-0.2, 0) is 13.0 Å². The van der Waals surface area contributed by atoms with Crippen molar-refractivity contribution in [1.82, 2.24) is 14.5 Å². The maximum Gasteiger partial charge on any atom is 0.261 e. The van der Waals surface area contributed by atoms with E-state index < -0.39 is 0 Å². The Kier molecular flexibility index (Phi) is 5.57. The first-order valence-electron chi connectivity index (χ1n) is 11.0. The Morgan fingerprint density at radius 1 is 1.03 bits per heavy atom. The molecule has 4 aromatic rings. The van der Waals surface area contributed by atoms with Crippen molar-refractivity contribution in [2.24, 2.45) is 0 Å². The zero-order valence-electron chi connectivity index (χ0n) is 17.9. The number of hydrogen-bond donors (Lipinski definition) is 1. The molecule has 0 radical (unpaired) electrons. The third-order valence-electron chi connectivity index (χ3n) is 5.89. The van der Waals surface area contributed by atoms with E-state index in [1.165, 1.54) is 0 Å². The number of rotatable bonds is 3. The first-order valence-corrected chi connectivity index (χ1v) is 11.8. The van der Waals surface area contributed by atoms with Crippen LogP contribution in [0, 0.1) is 6.92 Å². The van der Waals surface area contributed by atoms with Gasteiger partial charge in [0, 0.05) is 35.2 Å². The quantitative estimate of drug-likeness (QED) is 0.471. The molecule has 1 aliphatic heterocycles. The predicted octanol–water partition coefficient (Wildman–Crippen LogP) is 5.20. The molecule has 1 amide bonds. The van der Waals surface area contributed by atoms with E-state index in [9.17, 15) is 9.59 Å². The number of anilines is 1. The van der Waals surface area contributed by atoms with Gasteiger partial charge >= 0.3 is 0 Å². The molecule has 2 aromatic carbocycles. The molecule has 5 rings (SSSR count). The molecule has 162 valence electrons. The second-order valence-electron chi connectivity index (χ2n) is 8.16. The average Bonchev–Trinajstić information content (AvgIpc) is 3.21. The maximum atomic E-state index is 13.0. The molecule has 0 spiro atoms. The van der Waals surface area contributed by atoms with Crippen LogP contribution in [-0.4, -0.2) is 20.4 Å². The van der Waals surface area contributed by atoms with Crippen molar-refractivity contribution >= 4 is 33.8 Å². The molecule has 0 saturated heterocycles. The number of nitrogens with zero attached hydrogens (tertiary/aromatic N) is 3. The number of thiazole rings is 1. The second-order valence-corrected chi connectivity index (χ2v) is 9.23. The van der Waals surface area contributed by atoms with E-state index in [0.29, 0.717) is 22.2 Å². The van der Waals surface area contributed by atoms with E-state index in [0.717, 1.165) is 60.7 Å². The molecule has 0 aliphatic carbocycles. The number of carbonyl (C=O) groups excluding carboxylic acids is 1. The van der Waals surface area contributed by atoms with E-state index in [4.69, 9.17) is 4.98 Å². The summed E-state index contributed by atoms with van der Waals surface area (Å²) in [5, 5.41) is 6.54. The van der Waals surface area contributed by atoms with Gasteiger partial charge in [-0.2, -0.15) is 0 Å². The van der Waals surface area contributed by atoms with Crippen molar-refractivity contribution in [2.75, 3.05) is 5.32 Å². The standard InChI is InChI=1S/C25H24N4O2S/c1-16-26-22(15-32-16)17-7-10-19(11-8-17)27-24(30)18-9-12-20-21(14-18)28-23-6-4-2-3-5-13-29(23)25(20)31/h7-12,14-15H,2-6,13H2,1H3,(H,27,30). The van der Waals surface area contributed by atoms with Crippen molar-refractivity contribution in [2.45, 2.75) is 45.6 Å². The van der Waals surface area contributed by atoms with Crippen LogP contribution in [0.25, 0.3) is 22.2 Å². The van der Waals surface area contributed by atoms with Crippen LogP contribution >= 0.6 is 11.3 Å². The van der Waals surface area contributed by atoms with Crippen LogP contribution in [0.5, 0.6) is 0 Å². The molecule has 0 bridgehead atoms. The van der Waals surface area contributed by atoms with Gasteiger partial charge < -0.3 is 5.32 Å². The number of nitrogens with one attached hydrogen (secondary N) is 1. The Morgan fingerprint density at radius 3 is 2.62 bits per heavy atom. The van der Waals surface area contributed by atoms with Gasteiger partial charge in [0.2, 0.25) is 0 Å². The summed E-state index contributed by atoms with van der Waals surface area (Å²) in [6, 6.07) is 12.8. The van der Waals surface area contributed by atoms with Gasteiger partial charge in [-0.1, -0.05) is 25.0 Å². The van der Waals surface area contributed by atoms with E-state index in [2.05, 4.69) is 10.3 Å². The molecule has 0 saturated carbocycles. The Hall–Kier alpha value is -3.32. The third-order valence-corrected chi connectivity index (χ3v) is 6.66. The lowest BCUT2D eigenvalue weighted by molar-refractivity contribution is 0.102. The van der Waals surface area contributed by atoms with Crippen molar-refractivity contribution < 1.29 is 4.79 Å². The zero-order chi connectivity index (χ0) is 22.1. The summed E-state index contributed by atoms with van der Waals surface area (Å²) in [5.74, 6) is 0.602. The normalized spacial score (nSPS) is 13.9. The zero-order valence-corrected chi connectivity index (χ0v) is 18.7. The lowest BCUT2D eigenvalue weighted by atomic mass is 10.1. The second kappa shape index (κ2) is 8.67. The molecule has 7 heteroatoms. The summed E-state index contributed by atoms with van der Waals surface area (Å²) in [7, 11) is 0. The van der Waals surface area contributed by atoms with Crippen molar-refractivity contribution in [3.63, 3.8) is 0 Å². The maximum absolute atomic E-state index is 13.0. The first-order chi connectivity index (χ1) is 15.6. The molecule has 32 heavy (non-hydrogen) atoms. The molecule has 2 aromatic heterocycles. The number of amides is 1. The number of hydrogen-bond acceptors (Lipinski definition) is 5. The minimum Gasteiger partial charge on any atom is -0.322 e. The highest BCUT2D eigenvalue weighted by molar-refractivity contribution is 7.09. The smallest absolute Gasteiger partial charge is 0.261 e. The van der Waals surface area contributed by atoms with Gasteiger partial charge in [0.1, 0.15) is 5.82 Å². The Balaban J connectivity index is 1.40. The van der Waals surface area contributed by atoms with Gasteiger partial charge in [-0.05, 0) is 50.1 Å². The van der Waals surface area contributed by atoms with Gasteiger partial charge in [-0.15, -0.1) is 11.3 Å². The molecule has 0 fully saturated rings. The number of carbonyl (C=O) groups is 1. The minimum atomic E-state index is -0.224. The van der Waals surface area contributed by atoms with Gasteiger partial charge in [0.15, 0.2) is 0 Å². The van der Waals surface area contributed by atoms with E-state index >= 15 is 0 Å². The predicted molar refractivity (Wildman–Crippen MR) is 128 cm³/mol. The molecule has 0 atom stereocenters. The summed E-state index contributed by atoms with van der Waals surface area (Å²) >= 11 is 1.61. The Morgan fingerprint density at radius 2 is 1.84 bits per heavy atom. The summed E-state index contributed by atoms with van der Waals surface area (Å²) in [4.78, 5) is 35.1. The largest absolute Gasteiger partial charge is 0.322 e. The highest BCUT2D eigenvalue weighted by Crippen LogP contribution is 2.23. The number of aryl methyl sites for hydroxylation is 2. The van der Waals surface area contributed by atoms with Crippen molar-refractivity contribution in [3.8, 4) is 11.3 Å². The summed E-state index contributed by atoms with van der Waals surface area (Å²) in [6.45, 7) is 2.70. The van der Waals surface area contributed by atoms with Crippen molar-refractivity contribution in [3.05, 3.63) is 74.6 Å². The molecule has 1 aliphatic rings. The van der Waals surface area contributed by atoms with Crippen LogP contribution in [0.3, 0.4) is 0 Å². The molecule has 1 N–H and O–H groups in total. The fourth-order valence-corrected chi connectivity index (χ4v) is 4.78. The van der Waals surface area contributed by atoms with Gasteiger partial charge in [0.05, 0.1) is 21.6 Å².